The average molecular weight is 346 g/mol. The summed E-state index contributed by atoms with van der Waals surface area (Å²) in [6.45, 7) is 4.21. The van der Waals surface area contributed by atoms with Gasteiger partial charge in [0.25, 0.3) is 0 Å². The standard InChI is InChI=1S/C17H16BrNO2/c1-3-15-14(17(20)21-4-2)9-11-7-10-8-12(18)5-6-13(10)16(11)19-15/h5-6,8-9H,3-4,7H2,1-2H3. The highest BCUT2D eigenvalue weighted by molar-refractivity contribution is 9.10. The third kappa shape index (κ3) is 2.48. The fraction of sp³-hybridized carbons (Fsp3) is 0.294. The predicted octanol–water partition coefficient (Wildman–Crippen LogP) is 4.15. The van der Waals surface area contributed by atoms with Gasteiger partial charge in [-0.05, 0) is 42.7 Å². The van der Waals surface area contributed by atoms with Gasteiger partial charge in [0, 0.05) is 16.5 Å². The molecule has 2 aromatic rings. The zero-order valence-electron chi connectivity index (χ0n) is 12.1. The van der Waals surface area contributed by atoms with Gasteiger partial charge < -0.3 is 4.74 Å². The van der Waals surface area contributed by atoms with Crippen molar-refractivity contribution in [3.05, 3.63) is 51.1 Å². The quantitative estimate of drug-likeness (QED) is 0.669. The Morgan fingerprint density at radius 1 is 1.29 bits per heavy atom. The van der Waals surface area contributed by atoms with Crippen LogP contribution >= 0.6 is 15.9 Å². The minimum atomic E-state index is -0.276. The topological polar surface area (TPSA) is 39.2 Å². The van der Waals surface area contributed by atoms with Crippen molar-refractivity contribution in [3.63, 3.8) is 0 Å². The van der Waals surface area contributed by atoms with Crippen LogP contribution in [0.2, 0.25) is 0 Å². The van der Waals surface area contributed by atoms with Gasteiger partial charge in [0.15, 0.2) is 0 Å². The fourth-order valence-corrected chi connectivity index (χ4v) is 3.17. The van der Waals surface area contributed by atoms with Crippen LogP contribution in [0.1, 0.15) is 41.0 Å². The Kier molecular flexibility index (Phi) is 3.81. The molecule has 0 saturated heterocycles. The van der Waals surface area contributed by atoms with Crippen LogP contribution in [-0.4, -0.2) is 17.6 Å². The summed E-state index contributed by atoms with van der Waals surface area (Å²) in [5.74, 6) is -0.276. The largest absolute Gasteiger partial charge is 0.462 e. The number of carbonyl (C=O) groups is 1. The molecule has 3 rings (SSSR count). The molecule has 21 heavy (non-hydrogen) atoms. The summed E-state index contributed by atoms with van der Waals surface area (Å²) in [6.07, 6.45) is 1.53. The number of benzene rings is 1. The molecule has 0 N–H and O–H groups in total. The molecule has 3 nitrogen and oxygen atoms in total. The second-order valence-corrected chi connectivity index (χ2v) is 5.96. The Labute approximate surface area is 132 Å². The lowest BCUT2D eigenvalue weighted by molar-refractivity contribution is 0.0524. The van der Waals surface area contributed by atoms with Gasteiger partial charge in [0.2, 0.25) is 0 Å². The Bertz CT molecular complexity index is 725. The van der Waals surface area contributed by atoms with E-state index in [0.29, 0.717) is 18.6 Å². The summed E-state index contributed by atoms with van der Waals surface area (Å²) in [6, 6.07) is 8.18. The lowest BCUT2D eigenvalue weighted by Crippen LogP contribution is -2.10. The molecule has 1 heterocycles. The molecule has 108 valence electrons. The molecule has 1 aliphatic rings. The number of pyridine rings is 1. The van der Waals surface area contributed by atoms with Crippen LogP contribution in [0.25, 0.3) is 11.3 Å². The van der Waals surface area contributed by atoms with Crippen molar-refractivity contribution < 1.29 is 9.53 Å². The van der Waals surface area contributed by atoms with Crippen molar-refractivity contribution in [3.8, 4) is 11.3 Å². The van der Waals surface area contributed by atoms with Crippen LogP contribution < -0.4 is 0 Å². The monoisotopic (exact) mass is 345 g/mol. The number of halogens is 1. The number of aryl methyl sites for hydroxylation is 1. The van der Waals surface area contributed by atoms with Crippen LogP contribution in [0.15, 0.2) is 28.7 Å². The highest BCUT2D eigenvalue weighted by Crippen LogP contribution is 2.37. The Hall–Kier alpha value is -1.68. The maximum atomic E-state index is 12.1. The van der Waals surface area contributed by atoms with Gasteiger partial charge >= 0.3 is 5.97 Å². The number of carbonyl (C=O) groups excluding carboxylic acids is 1. The lowest BCUT2D eigenvalue weighted by atomic mass is 10.1. The molecular weight excluding hydrogens is 330 g/mol. The van der Waals surface area contributed by atoms with Gasteiger partial charge in [-0.1, -0.05) is 28.9 Å². The van der Waals surface area contributed by atoms with Crippen molar-refractivity contribution >= 4 is 21.9 Å². The van der Waals surface area contributed by atoms with E-state index >= 15 is 0 Å². The van der Waals surface area contributed by atoms with Crippen molar-refractivity contribution in [2.24, 2.45) is 0 Å². The summed E-state index contributed by atoms with van der Waals surface area (Å²) in [4.78, 5) is 16.8. The van der Waals surface area contributed by atoms with Gasteiger partial charge in [0.05, 0.1) is 23.6 Å². The maximum absolute atomic E-state index is 12.1. The molecular formula is C17H16BrNO2. The normalized spacial score (nSPS) is 12.0. The van der Waals surface area contributed by atoms with E-state index in [4.69, 9.17) is 9.72 Å². The van der Waals surface area contributed by atoms with Gasteiger partial charge in [-0.15, -0.1) is 0 Å². The number of hydrogen-bond acceptors (Lipinski definition) is 3. The molecule has 0 radical (unpaired) electrons. The minimum absolute atomic E-state index is 0.276. The number of rotatable bonds is 3. The van der Waals surface area contributed by atoms with Gasteiger partial charge in [-0.2, -0.15) is 0 Å². The van der Waals surface area contributed by atoms with E-state index in [1.54, 1.807) is 0 Å². The molecule has 0 aliphatic heterocycles. The van der Waals surface area contributed by atoms with Crippen LogP contribution in [0.3, 0.4) is 0 Å². The highest BCUT2D eigenvalue weighted by atomic mass is 79.9. The molecule has 0 spiro atoms. The molecule has 0 atom stereocenters. The third-order valence-corrected chi connectivity index (χ3v) is 4.21. The molecule has 0 unspecified atom stereocenters. The van der Waals surface area contributed by atoms with E-state index in [9.17, 15) is 4.79 Å². The Morgan fingerprint density at radius 2 is 2.10 bits per heavy atom. The summed E-state index contributed by atoms with van der Waals surface area (Å²) in [7, 11) is 0. The first-order valence-corrected chi connectivity index (χ1v) is 7.92. The van der Waals surface area contributed by atoms with Crippen LogP contribution in [-0.2, 0) is 17.6 Å². The first-order valence-electron chi connectivity index (χ1n) is 7.12. The van der Waals surface area contributed by atoms with Gasteiger partial charge in [0.1, 0.15) is 0 Å². The van der Waals surface area contributed by atoms with E-state index in [1.807, 2.05) is 26.0 Å². The number of fused-ring (bicyclic) bond motifs is 3. The van der Waals surface area contributed by atoms with E-state index in [-0.39, 0.29) is 5.97 Å². The first-order chi connectivity index (χ1) is 10.1. The number of nitrogens with zero attached hydrogens (tertiary/aromatic N) is 1. The molecule has 0 amide bonds. The second kappa shape index (κ2) is 5.60. The molecule has 0 saturated carbocycles. The molecule has 1 aromatic heterocycles. The molecule has 0 bridgehead atoms. The fourth-order valence-electron chi connectivity index (χ4n) is 2.76. The zero-order chi connectivity index (χ0) is 15.0. The molecule has 0 fully saturated rings. The van der Waals surface area contributed by atoms with Crippen LogP contribution in [0, 0.1) is 0 Å². The van der Waals surface area contributed by atoms with Crippen molar-refractivity contribution in [1.29, 1.82) is 0 Å². The SMILES string of the molecule is CCOC(=O)c1cc2c(nc1CC)-c1ccc(Br)cc1C2. The van der Waals surface area contributed by atoms with E-state index in [2.05, 4.69) is 28.1 Å². The lowest BCUT2D eigenvalue weighted by Gasteiger charge is -2.09. The second-order valence-electron chi connectivity index (χ2n) is 5.04. The molecule has 4 heteroatoms. The van der Waals surface area contributed by atoms with Crippen LogP contribution in [0.5, 0.6) is 0 Å². The molecule has 1 aliphatic carbocycles. The number of esters is 1. The third-order valence-electron chi connectivity index (χ3n) is 3.71. The smallest absolute Gasteiger partial charge is 0.339 e. The van der Waals surface area contributed by atoms with Gasteiger partial charge in [-0.3, -0.25) is 4.98 Å². The Balaban J connectivity index is 2.11. The van der Waals surface area contributed by atoms with Crippen molar-refractivity contribution in [1.82, 2.24) is 4.98 Å². The number of ether oxygens (including phenoxy) is 1. The maximum Gasteiger partial charge on any atom is 0.339 e. The number of aromatic nitrogens is 1. The average Bonchev–Trinajstić information content (AvgIpc) is 2.82. The summed E-state index contributed by atoms with van der Waals surface area (Å²) < 4.78 is 6.21. The van der Waals surface area contributed by atoms with Crippen molar-refractivity contribution in [2.45, 2.75) is 26.7 Å². The summed E-state index contributed by atoms with van der Waals surface area (Å²) >= 11 is 3.50. The highest BCUT2D eigenvalue weighted by Gasteiger charge is 2.24. The van der Waals surface area contributed by atoms with E-state index in [1.165, 1.54) is 11.1 Å². The van der Waals surface area contributed by atoms with Crippen molar-refractivity contribution in [2.75, 3.05) is 6.61 Å². The van der Waals surface area contributed by atoms with Gasteiger partial charge in [-0.25, -0.2) is 4.79 Å². The van der Waals surface area contributed by atoms with E-state index in [0.717, 1.165) is 27.8 Å². The Morgan fingerprint density at radius 3 is 2.81 bits per heavy atom. The summed E-state index contributed by atoms with van der Waals surface area (Å²) in [5, 5.41) is 0. The first kappa shape index (κ1) is 14.3. The van der Waals surface area contributed by atoms with E-state index < -0.39 is 0 Å². The zero-order valence-corrected chi connectivity index (χ0v) is 13.7. The molecule has 1 aromatic carbocycles. The van der Waals surface area contributed by atoms with Crippen LogP contribution in [0.4, 0.5) is 0 Å². The summed E-state index contributed by atoms with van der Waals surface area (Å²) in [5.41, 5.74) is 5.92. The minimum Gasteiger partial charge on any atom is -0.462 e. The number of hydrogen-bond donors (Lipinski definition) is 0. The predicted molar refractivity (Wildman–Crippen MR) is 85.5 cm³/mol.